The van der Waals surface area contributed by atoms with Gasteiger partial charge in [-0.3, -0.25) is 19.2 Å². The Hall–Kier alpha value is -2.10. The number of fused-ring (bicyclic) bond motifs is 7. The van der Waals surface area contributed by atoms with Gasteiger partial charge < -0.3 is 26.6 Å². The fourth-order valence-corrected chi connectivity index (χ4v) is 14.6. The van der Waals surface area contributed by atoms with Crippen LogP contribution in [0.5, 0.6) is 0 Å². The van der Waals surface area contributed by atoms with Gasteiger partial charge in [-0.25, -0.2) is 0 Å². The van der Waals surface area contributed by atoms with Crippen molar-refractivity contribution in [3.05, 3.63) is 11.1 Å². The third kappa shape index (κ3) is 6.96. The third-order valence-corrected chi connectivity index (χ3v) is 17.5. The van der Waals surface area contributed by atoms with Gasteiger partial charge in [0.05, 0.1) is 5.92 Å². The molecule has 0 radical (unpaired) electrons. The summed E-state index contributed by atoms with van der Waals surface area (Å²) in [5.41, 5.74) is 7.25. The Morgan fingerprint density at radius 3 is 2.35 bits per heavy atom. The second-order valence-electron chi connectivity index (χ2n) is 20.7. The lowest BCUT2D eigenvalue weighted by atomic mass is 9.35. The van der Waals surface area contributed by atoms with Crippen LogP contribution in [-0.2, 0) is 19.2 Å². The molecule has 0 aromatic carbocycles. The number of rotatable bonds is 16. The maximum Gasteiger partial charge on any atom is 0.306 e. The number of amides is 1. The quantitative estimate of drug-likeness (QED) is 0.0638. The van der Waals surface area contributed by atoms with Crippen molar-refractivity contribution in [1.82, 2.24) is 10.6 Å². The monoisotopic (exact) mass is 752 g/mol. The number of hydrogen-bond acceptors (Lipinski definition) is 7. The van der Waals surface area contributed by atoms with Crippen LogP contribution in [0.1, 0.15) is 145 Å². The molecule has 6 N–H and O–H groups in total. The van der Waals surface area contributed by atoms with Crippen molar-refractivity contribution < 1.29 is 29.4 Å². The number of aliphatic hydroxyl groups is 1. The highest BCUT2D eigenvalue weighted by Gasteiger charge is 2.66. The number of allylic oxidation sites excluding steroid dienone is 2. The molecule has 9 heteroatoms. The molecule has 0 saturated heterocycles. The van der Waals surface area contributed by atoms with E-state index in [-0.39, 0.29) is 51.9 Å². The van der Waals surface area contributed by atoms with Gasteiger partial charge in [-0.15, -0.1) is 0 Å². The van der Waals surface area contributed by atoms with Gasteiger partial charge in [-0.2, -0.15) is 0 Å². The molecule has 12 unspecified atom stereocenters. The Kier molecular flexibility index (Phi) is 11.8. The highest BCUT2D eigenvalue weighted by Crippen LogP contribution is 2.74. The molecule has 12 atom stereocenters. The van der Waals surface area contributed by atoms with Crippen molar-refractivity contribution in [1.29, 1.82) is 0 Å². The molecule has 304 valence electrons. The van der Waals surface area contributed by atoms with E-state index in [2.05, 4.69) is 52.2 Å². The topological polar surface area (TPSA) is 159 Å². The standard InChI is InChI=1S/C45H73N3O6/c1-27(2)38-35(51)24-44(19-21-47-25-45(54,48-26-49)15-8-9-20-46)18-13-33-30(39(38)44)10-11-37-42(33,6)17-14-36-41(4,5)29(12-16-43(36,37)7)22-34(50)31-23-32(28(31)3)40(52)53/h26-33,36-37,47,54H,8-25,46H2,1-7H3,(H,48,49)(H,52,53). The number of nitrogens with one attached hydrogen (secondary N) is 2. The van der Waals surface area contributed by atoms with E-state index < -0.39 is 11.7 Å². The van der Waals surface area contributed by atoms with Gasteiger partial charge in [0.25, 0.3) is 0 Å². The molecule has 5 fully saturated rings. The molecule has 5 saturated carbocycles. The molecule has 9 nitrogen and oxygen atoms in total. The molecule has 6 rings (SSSR count). The van der Waals surface area contributed by atoms with E-state index >= 15 is 0 Å². The van der Waals surface area contributed by atoms with Crippen molar-refractivity contribution in [3.8, 4) is 0 Å². The summed E-state index contributed by atoms with van der Waals surface area (Å²) in [6.45, 7) is 17.9. The number of Topliss-reactive ketones (excluding diaryl/α,β-unsaturated/α-hetero) is 2. The molecular weight excluding hydrogens is 679 g/mol. The molecule has 0 aromatic heterocycles. The van der Waals surface area contributed by atoms with Gasteiger partial charge >= 0.3 is 5.97 Å². The molecule has 0 aromatic rings. The van der Waals surface area contributed by atoms with Crippen LogP contribution in [0.3, 0.4) is 0 Å². The second-order valence-corrected chi connectivity index (χ2v) is 20.7. The normalized spacial score (nSPS) is 40.8. The van der Waals surface area contributed by atoms with Crippen LogP contribution in [0.15, 0.2) is 11.1 Å². The van der Waals surface area contributed by atoms with E-state index in [0.717, 1.165) is 56.9 Å². The van der Waals surface area contributed by atoms with Crippen LogP contribution in [-0.4, -0.2) is 59.5 Å². The lowest BCUT2D eigenvalue weighted by Gasteiger charge is -2.69. The first-order chi connectivity index (χ1) is 25.4. The summed E-state index contributed by atoms with van der Waals surface area (Å²) in [5.74, 6) is 2.00. The average Bonchev–Trinajstić information content (AvgIpc) is 3.39. The minimum Gasteiger partial charge on any atom is -0.481 e. The molecule has 0 bridgehead atoms. The lowest BCUT2D eigenvalue weighted by molar-refractivity contribution is -0.193. The summed E-state index contributed by atoms with van der Waals surface area (Å²) < 4.78 is 0. The number of aliphatic carboxylic acids is 1. The van der Waals surface area contributed by atoms with Crippen molar-refractivity contribution in [3.63, 3.8) is 0 Å². The fourth-order valence-electron chi connectivity index (χ4n) is 14.6. The zero-order valence-electron chi connectivity index (χ0n) is 34.6. The number of carboxylic acids is 1. The Morgan fingerprint density at radius 2 is 1.70 bits per heavy atom. The molecule has 0 heterocycles. The Balaban J connectivity index is 1.17. The zero-order chi connectivity index (χ0) is 39.4. The lowest BCUT2D eigenvalue weighted by Crippen LogP contribution is -2.62. The van der Waals surface area contributed by atoms with Crippen LogP contribution in [0.4, 0.5) is 0 Å². The number of carbonyl (C=O) groups excluding carboxylic acids is 3. The highest BCUT2D eigenvalue weighted by molar-refractivity contribution is 6.00. The van der Waals surface area contributed by atoms with Crippen molar-refractivity contribution in [2.24, 2.45) is 80.7 Å². The highest BCUT2D eigenvalue weighted by atomic mass is 16.4. The number of hydrogen-bond donors (Lipinski definition) is 5. The van der Waals surface area contributed by atoms with Crippen molar-refractivity contribution in [2.75, 3.05) is 19.6 Å². The molecule has 0 spiro atoms. The second kappa shape index (κ2) is 15.3. The molecule has 6 aliphatic carbocycles. The van der Waals surface area contributed by atoms with Crippen LogP contribution in [0.2, 0.25) is 0 Å². The van der Waals surface area contributed by atoms with Gasteiger partial charge in [0, 0.05) is 30.7 Å². The predicted molar refractivity (Wildman–Crippen MR) is 211 cm³/mol. The van der Waals surface area contributed by atoms with E-state index in [0.29, 0.717) is 86.3 Å². The van der Waals surface area contributed by atoms with Crippen molar-refractivity contribution in [2.45, 2.75) is 151 Å². The van der Waals surface area contributed by atoms with Gasteiger partial charge in [0.15, 0.2) is 5.78 Å². The zero-order valence-corrected chi connectivity index (χ0v) is 34.6. The first kappa shape index (κ1) is 41.5. The van der Waals surface area contributed by atoms with E-state index in [4.69, 9.17) is 5.73 Å². The summed E-state index contributed by atoms with van der Waals surface area (Å²) in [7, 11) is 0. The van der Waals surface area contributed by atoms with Gasteiger partial charge in [-0.1, -0.05) is 54.0 Å². The number of unbranched alkanes of at least 4 members (excludes halogenated alkanes) is 1. The fraction of sp³-hybridized carbons (Fsp3) is 0.867. The summed E-state index contributed by atoms with van der Waals surface area (Å²) in [5, 5.41) is 26.7. The summed E-state index contributed by atoms with van der Waals surface area (Å²) >= 11 is 0. The summed E-state index contributed by atoms with van der Waals surface area (Å²) in [6, 6.07) is 0. The maximum absolute atomic E-state index is 14.0. The SMILES string of the molecule is CC(C)C1=C2C3CCC4C(C)(CCC5C(C)(C)C(CC(=O)C6CC(C(=O)O)C6C)CCC54C)C3CCC2(CCNCC(O)(CCCCN)NC=O)CC1=O. The number of carbonyl (C=O) groups is 4. The van der Waals surface area contributed by atoms with Crippen LogP contribution < -0.4 is 16.4 Å². The van der Waals surface area contributed by atoms with E-state index in [1.807, 2.05) is 6.92 Å². The van der Waals surface area contributed by atoms with E-state index in [9.17, 15) is 29.4 Å². The maximum atomic E-state index is 14.0. The molecule has 1 amide bonds. The van der Waals surface area contributed by atoms with Crippen molar-refractivity contribution >= 4 is 23.9 Å². The Bertz CT molecular complexity index is 1490. The summed E-state index contributed by atoms with van der Waals surface area (Å²) in [4.78, 5) is 50.5. The van der Waals surface area contributed by atoms with Gasteiger partial charge in [-0.05, 0) is 160 Å². The molecule has 6 aliphatic rings. The summed E-state index contributed by atoms with van der Waals surface area (Å²) in [6.07, 6.45) is 14.2. The largest absolute Gasteiger partial charge is 0.481 e. The Morgan fingerprint density at radius 1 is 0.981 bits per heavy atom. The Labute approximate surface area is 325 Å². The van der Waals surface area contributed by atoms with Crippen LogP contribution >= 0.6 is 0 Å². The van der Waals surface area contributed by atoms with Crippen LogP contribution in [0.25, 0.3) is 0 Å². The number of nitrogens with two attached hydrogens (primary N) is 1. The van der Waals surface area contributed by atoms with Gasteiger partial charge in [0.2, 0.25) is 6.41 Å². The number of carboxylic acid groups (broad SMARTS) is 1. The third-order valence-electron chi connectivity index (χ3n) is 17.5. The minimum atomic E-state index is -1.31. The molecular formula is C45H73N3O6. The van der Waals surface area contributed by atoms with Gasteiger partial charge in [0.1, 0.15) is 11.5 Å². The first-order valence-corrected chi connectivity index (χ1v) is 21.8. The first-order valence-electron chi connectivity index (χ1n) is 21.8. The smallest absolute Gasteiger partial charge is 0.306 e. The minimum absolute atomic E-state index is 0.0395. The molecule has 54 heavy (non-hydrogen) atoms. The van der Waals surface area contributed by atoms with E-state index in [1.165, 1.54) is 24.8 Å². The van der Waals surface area contributed by atoms with Crippen LogP contribution in [0, 0.1) is 74.9 Å². The van der Waals surface area contributed by atoms with E-state index in [1.54, 1.807) is 0 Å². The number of ketones is 2. The average molecular weight is 752 g/mol. The predicted octanol–water partition coefficient (Wildman–Crippen LogP) is 7.05. The molecule has 0 aliphatic heterocycles.